The van der Waals surface area contributed by atoms with E-state index in [0.29, 0.717) is 5.41 Å². The van der Waals surface area contributed by atoms with Gasteiger partial charge in [0.15, 0.2) is 0 Å². The lowest BCUT2D eigenvalue weighted by atomic mass is 9.76. The van der Waals surface area contributed by atoms with Crippen molar-refractivity contribution in [3.63, 3.8) is 0 Å². The smallest absolute Gasteiger partial charge is 0.402 e. The molecule has 0 amide bonds. The maximum atomic E-state index is 8.57. The molecule has 0 atom stereocenters. The van der Waals surface area contributed by atoms with Gasteiger partial charge in [-0.25, -0.2) is 0 Å². The van der Waals surface area contributed by atoms with Crippen LogP contribution in [0.5, 0.6) is 0 Å². The van der Waals surface area contributed by atoms with Crippen molar-refractivity contribution in [1.82, 2.24) is 0 Å². The lowest BCUT2D eigenvalue weighted by Gasteiger charge is -2.34. The maximum Gasteiger partial charge on any atom is 0.634 e. The van der Waals surface area contributed by atoms with Gasteiger partial charge in [0.25, 0.3) is 0 Å². The van der Waals surface area contributed by atoms with Gasteiger partial charge < -0.3 is 14.7 Å². The molecule has 0 aliphatic heterocycles. The zero-order valence-electron chi connectivity index (χ0n) is 7.79. The molecule has 0 radical (unpaired) electrons. The van der Waals surface area contributed by atoms with Crippen molar-refractivity contribution in [1.29, 1.82) is 0 Å². The fourth-order valence-electron chi connectivity index (χ4n) is 1.68. The fourth-order valence-corrected chi connectivity index (χ4v) is 1.68. The molecule has 1 rings (SSSR count). The van der Waals surface area contributed by atoms with Gasteiger partial charge in [-0.1, -0.05) is 13.8 Å². The minimum atomic E-state index is -1.60. The highest BCUT2D eigenvalue weighted by Crippen LogP contribution is 2.36. The topological polar surface area (TPSA) is 49.7 Å². The van der Waals surface area contributed by atoms with Gasteiger partial charge in [-0.3, -0.25) is 0 Å². The van der Waals surface area contributed by atoms with E-state index in [0.717, 1.165) is 25.7 Å². The Bertz CT molecular complexity index is 137. The summed E-state index contributed by atoms with van der Waals surface area (Å²) in [7, 11) is -1.60. The van der Waals surface area contributed by atoms with Crippen LogP contribution in [-0.2, 0) is 4.65 Å². The standard InChI is InChI=1S/C8H17BO3/c1-8(2)5-3-7(4-6-8)12-9(10)11/h7,10-11H,3-6H2,1-2H3. The Morgan fingerprint density at radius 2 is 1.75 bits per heavy atom. The van der Waals surface area contributed by atoms with E-state index < -0.39 is 7.32 Å². The summed E-state index contributed by atoms with van der Waals surface area (Å²) >= 11 is 0. The van der Waals surface area contributed by atoms with Gasteiger partial charge in [0.1, 0.15) is 0 Å². The molecule has 0 saturated heterocycles. The van der Waals surface area contributed by atoms with Crippen molar-refractivity contribution < 1.29 is 14.7 Å². The Morgan fingerprint density at radius 1 is 1.25 bits per heavy atom. The van der Waals surface area contributed by atoms with Crippen LogP contribution in [-0.4, -0.2) is 23.5 Å². The molecule has 1 fully saturated rings. The molecular formula is C8H17BO3. The lowest BCUT2D eigenvalue weighted by molar-refractivity contribution is 0.0571. The monoisotopic (exact) mass is 172 g/mol. The summed E-state index contributed by atoms with van der Waals surface area (Å²) in [5.74, 6) is 0. The molecule has 1 aliphatic rings. The molecule has 0 aromatic rings. The second-order valence-electron chi connectivity index (χ2n) is 4.33. The van der Waals surface area contributed by atoms with Gasteiger partial charge in [0, 0.05) is 6.10 Å². The van der Waals surface area contributed by atoms with Gasteiger partial charge in [-0.15, -0.1) is 0 Å². The van der Waals surface area contributed by atoms with Gasteiger partial charge in [-0.05, 0) is 31.1 Å². The highest BCUT2D eigenvalue weighted by atomic mass is 16.6. The Hall–Kier alpha value is -0.0551. The number of hydrogen-bond acceptors (Lipinski definition) is 3. The third-order valence-electron chi connectivity index (χ3n) is 2.60. The van der Waals surface area contributed by atoms with Crippen LogP contribution in [0.3, 0.4) is 0 Å². The van der Waals surface area contributed by atoms with Crippen molar-refractivity contribution >= 4 is 7.32 Å². The summed E-state index contributed by atoms with van der Waals surface area (Å²) in [4.78, 5) is 0. The first-order chi connectivity index (χ1) is 5.49. The summed E-state index contributed by atoms with van der Waals surface area (Å²) in [6, 6.07) is 0. The SMILES string of the molecule is CC1(C)CCC(OB(O)O)CC1. The molecule has 4 heteroatoms. The molecule has 1 aliphatic carbocycles. The summed E-state index contributed by atoms with van der Waals surface area (Å²) < 4.78 is 4.90. The van der Waals surface area contributed by atoms with E-state index in [1.165, 1.54) is 0 Å². The second kappa shape index (κ2) is 3.77. The predicted molar refractivity (Wildman–Crippen MR) is 47.3 cm³/mol. The van der Waals surface area contributed by atoms with Crippen molar-refractivity contribution in [2.24, 2.45) is 5.41 Å². The van der Waals surface area contributed by atoms with Crippen LogP contribution in [0, 0.1) is 5.41 Å². The average molecular weight is 172 g/mol. The highest BCUT2D eigenvalue weighted by Gasteiger charge is 2.29. The van der Waals surface area contributed by atoms with E-state index in [1.807, 2.05) is 0 Å². The first-order valence-corrected chi connectivity index (χ1v) is 4.51. The van der Waals surface area contributed by atoms with Gasteiger partial charge >= 0.3 is 7.32 Å². The zero-order valence-corrected chi connectivity index (χ0v) is 7.79. The average Bonchev–Trinajstić information content (AvgIpc) is 1.93. The van der Waals surface area contributed by atoms with Crippen LogP contribution in [0.2, 0.25) is 0 Å². The molecule has 12 heavy (non-hydrogen) atoms. The maximum absolute atomic E-state index is 8.57. The van der Waals surface area contributed by atoms with Crippen LogP contribution in [0.4, 0.5) is 0 Å². The zero-order chi connectivity index (χ0) is 9.19. The van der Waals surface area contributed by atoms with Crippen molar-refractivity contribution in [3.8, 4) is 0 Å². The molecule has 3 nitrogen and oxygen atoms in total. The lowest BCUT2D eigenvalue weighted by Crippen LogP contribution is -2.31. The molecule has 1 saturated carbocycles. The van der Waals surface area contributed by atoms with Crippen LogP contribution < -0.4 is 0 Å². The van der Waals surface area contributed by atoms with Crippen LogP contribution in [0.15, 0.2) is 0 Å². The molecule has 0 bridgehead atoms. The molecule has 70 valence electrons. The quantitative estimate of drug-likeness (QED) is 0.609. The van der Waals surface area contributed by atoms with Gasteiger partial charge in [0.2, 0.25) is 0 Å². The first-order valence-electron chi connectivity index (χ1n) is 4.51. The Morgan fingerprint density at radius 3 is 2.17 bits per heavy atom. The summed E-state index contributed by atoms with van der Waals surface area (Å²) in [5, 5.41) is 17.1. The summed E-state index contributed by atoms with van der Waals surface area (Å²) in [6.45, 7) is 4.47. The van der Waals surface area contributed by atoms with Crippen molar-refractivity contribution in [2.75, 3.05) is 0 Å². The van der Waals surface area contributed by atoms with E-state index >= 15 is 0 Å². The summed E-state index contributed by atoms with van der Waals surface area (Å²) in [6.07, 6.45) is 4.11. The van der Waals surface area contributed by atoms with Crippen LogP contribution in [0.1, 0.15) is 39.5 Å². The Labute approximate surface area is 73.9 Å². The van der Waals surface area contributed by atoms with Crippen LogP contribution in [0.25, 0.3) is 0 Å². The Balaban J connectivity index is 2.27. The number of hydrogen-bond donors (Lipinski definition) is 2. The molecule has 0 spiro atoms. The molecule has 2 N–H and O–H groups in total. The third kappa shape index (κ3) is 3.13. The van der Waals surface area contributed by atoms with Crippen molar-refractivity contribution in [2.45, 2.75) is 45.6 Å². The van der Waals surface area contributed by atoms with Crippen molar-refractivity contribution in [3.05, 3.63) is 0 Å². The first kappa shape index (κ1) is 10.0. The van der Waals surface area contributed by atoms with Gasteiger partial charge in [-0.2, -0.15) is 0 Å². The van der Waals surface area contributed by atoms with Crippen LogP contribution >= 0.6 is 0 Å². The Kier molecular flexibility index (Phi) is 3.15. The molecule has 0 heterocycles. The largest absolute Gasteiger partial charge is 0.634 e. The summed E-state index contributed by atoms with van der Waals surface area (Å²) in [5.41, 5.74) is 0.403. The minimum Gasteiger partial charge on any atom is -0.402 e. The van der Waals surface area contributed by atoms with E-state index in [4.69, 9.17) is 14.7 Å². The predicted octanol–water partition coefficient (Wildman–Crippen LogP) is 0.941. The van der Waals surface area contributed by atoms with E-state index in [2.05, 4.69) is 13.8 Å². The second-order valence-corrected chi connectivity index (χ2v) is 4.33. The number of rotatable bonds is 2. The fraction of sp³-hybridized carbons (Fsp3) is 1.00. The van der Waals surface area contributed by atoms with E-state index in [-0.39, 0.29) is 6.10 Å². The molecular weight excluding hydrogens is 155 g/mol. The van der Waals surface area contributed by atoms with E-state index in [9.17, 15) is 0 Å². The minimum absolute atomic E-state index is 0.0398. The third-order valence-corrected chi connectivity index (χ3v) is 2.60. The molecule has 0 aromatic carbocycles. The normalized spacial score (nSPS) is 24.0. The molecule has 0 unspecified atom stereocenters. The molecule has 0 aromatic heterocycles. The van der Waals surface area contributed by atoms with E-state index in [1.54, 1.807) is 0 Å². The van der Waals surface area contributed by atoms with Gasteiger partial charge in [0.05, 0.1) is 0 Å². The highest BCUT2D eigenvalue weighted by molar-refractivity contribution is 6.32.